The van der Waals surface area contributed by atoms with E-state index in [2.05, 4.69) is 4.74 Å². The minimum Gasteiger partial charge on any atom is -0.468 e. The van der Waals surface area contributed by atoms with Crippen LogP contribution in [0.25, 0.3) is 0 Å². The zero-order valence-corrected chi connectivity index (χ0v) is 11.8. The Bertz CT molecular complexity index is 637. The van der Waals surface area contributed by atoms with Crippen molar-refractivity contribution >= 4 is 27.6 Å². The molecule has 0 saturated carbocycles. The highest BCUT2D eigenvalue weighted by Crippen LogP contribution is 2.22. The van der Waals surface area contributed by atoms with Gasteiger partial charge in [0.15, 0.2) is 0 Å². The lowest BCUT2D eigenvalue weighted by atomic mass is 10.2. The van der Waals surface area contributed by atoms with Crippen molar-refractivity contribution in [3.05, 3.63) is 28.8 Å². The van der Waals surface area contributed by atoms with Gasteiger partial charge in [0.1, 0.15) is 12.6 Å². The van der Waals surface area contributed by atoms with Gasteiger partial charge in [-0.25, -0.2) is 8.42 Å². The van der Waals surface area contributed by atoms with Gasteiger partial charge < -0.3 is 4.74 Å². The maximum Gasteiger partial charge on any atom is 0.321 e. The summed E-state index contributed by atoms with van der Waals surface area (Å²) in [4.78, 5) is 11.0. The van der Waals surface area contributed by atoms with E-state index in [1.807, 2.05) is 6.07 Å². The molecule has 0 heterocycles. The van der Waals surface area contributed by atoms with E-state index in [9.17, 15) is 13.2 Å². The summed E-state index contributed by atoms with van der Waals surface area (Å²) in [5.74, 6) is -0.675. The highest BCUT2D eigenvalue weighted by Gasteiger charge is 2.24. The summed E-state index contributed by atoms with van der Waals surface area (Å²) < 4.78 is 29.5. The molecule has 0 aliphatic rings. The Morgan fingerprint density at radius 3 is 2.63 bits per heavy atom. The molecule has 102 valence electrons. The standard InChI is InChI=1S/C11H11ClN2O4S/c1-14(7-11(15)18-2)19(16,17)9-4-3-8(6-13)10(12)5-9/h3-5H,7H2,1-2H3. The van der Waals surface area contributed by atoms with Crippen LogP contribution in [0.3, 0.4) is 0 Å². The molecule has 0 N–H and O–H groups in total. The van der Waals surface area contributed by atoms with Crippen LogP contribution in [0.4, 0.5) is 0 Å². The molecule has 1 aromatic rings. The Morgan fingerprint density at radius 1 is 1.53 bits per heavy atom. The van der Waals surface area contributed by atoms with E-state index in [1.165, 1.54) is 32.4 Å². The molecule has 0 atom stereocenters. The molecule has 0 aromatic heterocycles. The molecule has 0 spiro atoms. The molecule has 0 bridgehead atoms. The monoisotopic (exact) mass is 302 g/mol. The lowest BCUT2D eigenvalue weighted by molar-refractivity contribution is -0.140. The fraction of sp³-hybridized carbons (Fsp3) is 0.273. The number of methoxy groups -OCH3 is 1. The van der Waals surface area contributed by atoms with Crippen LogP contribution in [-0.2, 0) is 19.6 Å². The number of ether oxygens (including phenoxy) is 1. The van der Waals surface area contributed by atoms with Crippen LogP contribution >= 0.6 is 11.6 Å². The van der Waals surface area contributed by atoms with Gasteiger partial charge in [-0.1, -0.05) is 11.6 Å². The number of esters is 1. The maximum absolute atomic E-state index is 12.1. The molecule has 0 fully saturated rings. The van der Waals surface area contributed by atoms with Gasteiger partial charge in [0.05, 0.1) is 22.6 Å². The summed E-state index contributed by atoms with van der Waals surface area (Å²) >= 11 is 5.78. The maximum atomic E-state index is 12.1. The zero-order valence-electron chi connectivity index (χ0n) is 10.3. The summed E-state index contributed by atoms with van der Waals surface area (Å²) in [6, 6.07) is 5.56. The highest BCUT2D eigenvalue weighted by molar-refractivity contribution is 7.89. The van der Waals surface area contributed by atoms with E-state index >= 15 is 0 Å². The molecular formula is C11H11ClN2O4S. The lowest BCUT2D eigenvalue weighted by Gasteiger charge is -2.16. The van der Waals surface area contributed by atoms with Gasteiger partial charge in [-0.3, -0.25) is 4.79 Å². The van der Waals surface area contributed by atoms with Crippen LogP contribution < -0.4 is 0 Å². The normalized spacial score (nSPS) is 11.1. The van der Waals surface area contributed by atoms with Gasteiger partial charge in [0.2, 0.25) is 10.0 Å². The summed E-state index contributed by atoms with van der Waals surface area (Å²) in [5, 5.41) is 8.75. The van der Waals surface area contributed by atoms with E-state index in [1.54, 1.807) is 0 Å². The molecule has 8 heteroatoms. The van der Waals surface area contributed by atoms with E-state index in [0.29, 0.717) is 0 Å². The van der Waals surface area contributed by atoms with Crippen molar-refractivity contribution in [2.45, 2.75) is 4.90 Å². The highest BCUT2D eigenvalue weighted by atomic mass is 35.5. The third-order valence-corrected chi connectivity index (χ3v) is 4.46. The van der Waals surface area contributed by atoms with Gasteiger partial charge in [0, 0.05) is 7.05 Å². The number of nitrogens with zero attached hydrogens (tertiary/aromatic N) is 2. The number of benzene rings is 1. The van der Waals surface area contributed by atoms with Crippen LogP contribution in [0.15, 0.2) is 23.1 Å². The van der Waals surface area contributed by atoms with Crippen LogP contribution in [-0.4, -0.2) is 39.4 Å². The van der Waals surface area contributed by atoms with Crippen molar-refractivity contribution in [1.29, 1.82) is 5.26 Å². The first kappa shape index (κ1) is 15.4. The summed E-state index contributed by atoms with van der Waals surface area (Å²) in [6.45, 7) is -0.406. The lowest BCUT2D eigenvalue weighted by Crippen LogP contribution is -2.32. The molecule has 0 aliphatic heterocycles. The average Bonchev–Trinajstić information content (AvgIpc) is 2.38. The Balaban J connectivity index is 3.11. The number of carbonyl (C=O) groups excluding carboxylic acids is 1. The number of rotatable bonds is 4. The molecule has 0 aliphatic carbocycles. The first-order valence-electron chi connectivity index (χ1n) is 5.05. The van der Waals surface area contributed by atoms with Crippen LogP contribution in [0.2, 0.25) is 5.02 Å². The number of hydrogen-bond acceptors (Lipinski definition) is 5. The number of likely N-dealkylation sites (N-methyl/N-ethyl adjacent to an activating group) is 1. The number of hydrogen-bond donors (Lipinski definition) is 0. The molecule has 0 radical (unpaired) electrons. The van der Waals surface area contributed by atoms with Crippen LogP contribution in [0, 0.1) is 11.3 Å². The second-order valence-electron chi connectivity index (χ2n) is 3.59. The van der Waals surface area contributed by atoms with Crippen molar-refractivity contribution in [1.82, 2.24) is 4.31 Å². The largest absolute Gasteiger partial charge is 0.468 e. The minimum absolute atomic E-state index is 0.0371. The van der Waals surface area contributed by atoms with E-state index in [-0.39, 0.29) is 15.5 Å². The van der Waals surface area contributed by atoms with Crippen molar-refractivity contribution in [2.24, 2.45) is 0 Å². The third kappa shape index (κ3) is 3.44. The zero-order chi connectivity index (χ0) is 14.6. The second kappa shape index (κ2) is 6.02. The second-order valence-corrected chi connectivity index (χ2v) is 6.04. The average molecular weight is 303 g/mol. The van der Waals surface area contributed by atoms with Crippen molar-refractivity contribution in [3.63, 3.8) is 0 Å². The molecule has 19 heavy (non-hydrogen) atoms. The summed E-state index contributed by atoms with van der Waals surface area (Å²) in [5.41, 5.74) is 0.177. The van der Waals surface area contributed by atoms with Crippen LogP contribution in [0.5, 0.6) is 0 Å². The Hall–Kier alpha value is -1.62. The fourth-order valence-corrected chi connectivity index (χ4v) is 2.69. The molecule has 0 amide bonds. The number of halogens is 1. The molecule has 1 rings (SSSR count). The van der Waals surface area contributed by atoms with Crippen molar-refractivity contribution < 1.29 is 17.9 Å². The molecule has 0 unspecified atom stereocenters. The quantitative estimate of drug-likeness (QED) is 0.774. The first-order chi connectivity index (χ1) is 8.82. The Morgan fingerprint density at radius 2 is 2.16 bits per heavy atom. The van der Waals surface area contributed by atoms with Gasteiger partial charge in [-0.2, -0.15) is 9.57 Å². The van der Waals surface area contributed by atoms with E-state index < -0.39 is 22.5 Å². The Labute approximate surface area is 116 Å². The fourth-order valence-electron chi connectivity index (χ4n) is 1.26. The minimum atomic E-state index is -3.85. The SMILES string of the molecule is COC(=O)CN(C)S(=O)(=O)c1ccc(C#N)c(Cl)c1. The number of carbonyl (C=O) groups is 1. The van der Waals surface area contributed by atoms with Gasteiger partial charge in [-0.05, 0) is 18.2 Å². The van der Waals surface area contributed by atoms with Gasteiger partial charge in [0.25, 0.3) is 0 Å². The molecule has 0 saturated heterocycles. The molecule has 6 nitrogen and oxygen atoms in total. The van der Waals surface area contributed by atoms with E-state index in [0.717, 1.165) is 4.31 Å². The van der Waals surface area contributed by atoms with Gasteiger partial charge in [-0.15, -0.1) is 0 Å². The van der Waals surface area contributed by atoms with Gasteiger partial charge >= 0.3 is 5.97 Å². The predicted molar refractivity (Wildman–Crippen MR) is 68.0 cm³/mol. The van der Waals surface area contributed by atoms with E-state index in [4.69, 9.17) is 16.9 Å². The summed E-state index contributed by atoms with van der Waals surface area (Å²) in [7, 11) is -1.44. The first-order valence-corrected chi connectivity index (χ1v) is 6.87. The third-order valence-electron chi connectivity index (χ3n) is 2.35. The van der Waals surface area contributed by atoms with Crippen LogP contribution in [0.1, 0.15) is 5.56 Å². The Kier molecular flexibility index (Phi) is 4.89. The topological polar surface area (TPSA) is 87.5 Å². The smallest absolute Gasteiger partial charge is 0.321 e. The number of nitriles is 1. The number of sulfonamides is 1. The summed E-state index contributed by atoms with van der Waals surface area (Å²) in [6.07, 6.45) is 0. The predicted octanol–water partition coefficient (Wildman–Crippen LogP) is 1.01. The van der Waals surface area contributed by atoms with Crippen molar-refractivity contribution in [3.8, 4) is 6.07 Å². The molecular weight excluding hydrogens is 292 g/mol. The molecule has 1 aromatic carbocycles. The van der Waals surface area contributed by atoms with Crippen molar-refractivity contribution in [2.75, 3.05) is 20.7 Å².